The van der Waals surface area contributed by atoms with Gasteiger partial charge in [-0.1, -0.05) is 194 Å². The molecule has 0 bridgehead atoms. The van der Waals surface area contributed by atoms with Gasteiger partial charge in [-0.15, -0.1) is 0 Å². The summed E-state index contributed by atoms with van der Waals surface area (Å²) in [7, 11) is 0. The molecule has 2 heteroatoms. The van der Waals surface area contributed by atoms with Gasteiger partial charge in [-0.2, -0.15) is 0 Å². The lowest BCUT2D eigenvalue weighted by Gasteiger charge is -2.37. The van der Waals surface area contributed by atoms with Crippen LogP contribution in [0.5, 0.6) is 0 Å². The van der Waals surface area contributed by atoms with Crippen LogP contribution in [0, 0.1) is 0 Å². The van der Waals surface area contributed by atoms with Crippen molar-refractivity contribution in [3.8, 4) is 11.1 Å². The summed E-state index contributed by atoms with van der Waals surface area (Å²) in [5.74, 6) is 0. The first-order valence-corrected chi connectivity index (χ1v) is 21.6. The molecule has 0 amide bonds. The Morgan fingerprint density at radius 2 is 0.839 bits per heavy atom. The summed E-state index contributed by atoms with van der Waals surface area (Å²) >= 11 is 0. The molecule has 0 N–H and O–H groups in total. The van der Waals surface area contributed by atoms with E-state index in [1.165, 1.54) is 87.5 Å². The van der Waals surface area contributed by atoms with Gasteiger partial charge in [0, 0.05) is 38.6 Å². The molecule has 1 aliphatic rings. The quantitative estimate of drug-likeness (QED) is 0.117. The van der Waals surface area contributed by atoms with E-state index in [-0.39, 0.29) is 6.04 Å². The predicted molar refractivity (Wildman–Crippen MR) is 266 cm³/mol. The van der Waals surface area contributed by atoms with Gasteiger partial charge in [-0.25, -0.2) is 0 Å². The molecular weight excluding hydrogens is 749 g/mol. The van der Waals surface area contributed by atoms with Crippen molar-refractivity contribution in [2.24, 2.45) is 0 Å². The first-order valence-electron chi connectivity index (χ1n) is 21.6. The van der Waals surface area contributed by atoms with Gasteiger partial charge in [0.05, 0.1) is 17.4 Å². The van der Waals surface area contributed by atoms with Crippen LogP contribution in [-0.4, -0.2) is 6.04 Å². The smallest absolute Gasteiger partial charge is 0.0619 e. The summed E-state index contributed by atoms with van der Waals surface area (Å²) < 4.78 is 0. The molecule has 292 valence electrons. The summed E-state index contributed by atoms with van der Waals surface area (Å²) in [5.41, 5.74) is 10.8. The van der Waals surface area contributed by atoms with Gasteiger partial charge >= 0.3 is 0 Å². The fourth-order valence-corrected chi connectivity index (χ4v) is 9.86. The topological polar surface area (TPSA) is 6.48 Å². The Bertz CT molecular complexity index is 3450. The van der Waals surface area contributed by atoms with E-state index in [0.29, 0.717) is 0 Å². The third-order valence-electron chi connectivity index (χ3n) is 12.8. The molecule has 0 saturated carbocycles. The molecule has 0 spiro atoms. The van der Waals surface area contributed by atoms with Gasteiger partial charge in [-0.05, 0) is 103 Å². The fourth-order valence-electron chi connectivity index (χ4n) is 9.86. The van der Waals surface area contributed by atoms with Gasteiger partial charge in [0.15, 0.2) is 0 Å². The molecule has 1 unspecified atom stereocenters. The van der Waals surface area contributed by atoms with Crippen LogP contribution in [0.15, 0.2) is 231 Å². The van der Waals surface area contributed by atoms with Crippen molar-refractivity contribution < 1.29 is 0 Å². The van der Waals surface area contributed by atoms with E-state index in [2.05, 4.69) is 246 Å². The number of benzene rings is 11. The van der Waals surface area contributed by atoms with Crippen LogP contribution in [0.2, 0.25) is 0 Å². The van der Waals surface area contributed by atoms with Crippen molar-refractivity contribution in [3.63, 3.8) is 0 Å². The molecule has 12 rings (SSSR count). The third kappa shape index (κ3) is 6.19. The average molecular weight is 791 g/mol. The maximum absolute atomic E-state index is 2.64. The lowest BCUT2D eigenvalue weighted by molar-refractivity contribution is 0.771. The second-order valence-corrected chi connectivity index (χ2v) is 16.5. The normalized spacial score (nSPS) is 13.5. The van der Waals surface area contributed by atoms with Crippen molar-refractivity contribution in [2.75, 3.05) is 9.80 Å². The number of fused-ring (bicyclic) bond motifs is 6. The van der Waals surface area contributed by atoms with E-state index in [1.54, 1.807) is 0 Å². The van der Waals surface area contributed by atoms with Crippen LogP contribution in [0.1, 0.15) is 11.1 Å². The Kier molecular flexibility index (Phi) is 8.67. The van der Waals surface area contributed by atoms with E-state index in [1.807, 2.05) is 0 Å². The van der Waals surface area contributed by atoms with E-state index in [9.17, 15) is 0 Å². The highest BCUT2D eigenvalue weighted by Gasteiger charge is 2.29. The van der Waals surface area contributed by atoms with E-state index >= 15 is 0 Å². The summed E-state index contributed by atoms with van der Waals surface area (Å²) in [5, 5.41) is 12.1. The second kappa shape index (κ2) is 15.0. The molecule has 0 radical (unpaired) electrons. The molecule has 0 aliphatic heterocycles. The average Bonchev–Trinajstić information content (AvgIpc) is 3.34. The van der Waals surface area contributed by atoms with E-state index in [4.69, 9.17) is 0 Å². The zero-order valence-electron chi connectivity index (χ0n) is 34.2. The predicted octanol–water partition coefficient (Wildman–Crippen LogP) is 16.4. The first-order chi connectivity index (χ1) is 30.7. The molecular formula is C60H42N2. The zero-order valence-corrected chi connectivity index (χ0v) is 34.2. The van der Waals surface area contributed by atoms with Crippen LogP contribution in [0.4, 0.5) is 28.4 Å². The van der Waals surface area contributed by atoms with Gasteiger partial charge in [0.1, 0.15) is 0 Å². The van der Waals surface area contributed by atoms with Gasteiger partial charge in [0.2, 0.25) is 0 Å². The van der Waals surface area contributed by atoms with E-state index < -0.39 is 0 Å². The molecule has 1 atom stereocenters. The Morgan fingerprint density at radius 3 is 1.48 bits per heavy atom. The summed E-state index contributed by atoms with van der Waals surface area (Å²) in [6.45, 7) is 0. The van der Waals surface area contributed by atoms with Crippen LogP contribution in [0.25, 0.3) is 71.1 Å². The number of nitrogens with zero attached hydrogens (tertiary/aromatic N) is 2. The number of rotatable bonds is 7. The van der Waals surface area contributed by atoms with Crippen LogP contribution >= 0.6 is 0 Å². The number of hydrogen-bond acceptors (Lipinski definition) is 2. The Morgan fingerprint density at radius 1 is 0.339 bits per heavy atom. The standard InChI is InChI=1S/C60H42N2/c1-2-14-41(15-3-1)50-30-35-57-58(40-50)60(62(53-33-28-44-18-6-10-22-48(44)38-53)54-34-29-45-19-7-11-23-49(45)39-54)56-25-13-12-24-55(56)59(57)61(51-31-26-42-16-4-8-20-46(42)36-51)52-32-27-43-17-5-9-21-47(43)37-52/h1-38,40,54H,39H2. The van der Waals surface area contributed by atoms with Crippen molar-refractivity contribution in [1.82, 2.24) is 0 Å². The fraction of sp³-hybridized carbons (Fsp3) is 0.0333. The number of anilines is 5. The molecule has 1 aliphatic carbocycles. The molecule has 2 nitrogen and oxygen atoms in total. The maximum atomic E-state index is 2.64. The highest BCUT2D eigenvalue weighted by Crippen LogP contribution is 2.51. The van der Waals surface area contributed by atoms with Crippen molar-refractivity contribution in [2.45, 2.75) is 12.5 Å². The summed E-state index contributed by atoms with van der Waals surface area (Å²) in [4.78, 5) is 5.14. The Balaban J connectivity index is 1.20. The lowest BCUT2D eigenvalue weighted by Crippen LogP contribution is -2.33. The molecule has 0 fully saturated rings. The minimum atomic E-state index is 0.0565. The highest BCUT2D eigenvalue weighted by atomic mass is 15.2. The molecule has 11 aromatic carbocycles. The van der Waals surface area contributed by atoms with Crippen molar-refractivity contribution in [1.29, 1.82) is 0 Å². The van der Waals surface area contributed by atoms with Crippen LogP contribution < -0.4 is 9.80 Å². The van der Waals surface area contributed by atoms with Gasteiger partial charge < -0.3 is 9.80 Å². The van der Waals surface area contributed by atoms with Gasteiger partial charge in [0.25, 0.3) is 0 Å². The SMILES string of the molecule is C1=CC(N(c2ccc3ccccc3c2)c2c3ccccc3c(N(c3ccc4ccccc4c3)c3ccc4ccccc4c3)c3ccc(-c4ccccc4)cc23)Cc2ccccc21. The Labute approximate surface area is 361 Å². The van der Waals surface area contributed by atoms with E-state index in [0.717, 1.165) is 23.5 Å². The Hall–Kier alpha value is -7.94. The van der Waals surface area contributed by atoms with Crippen LogP contribution in [0.3, 0.4) is 0 Å². The molecule has 0 saturated heterocycles. The summed E-state index contributed by atoms with van der Waals surface area (Å²) in [6, 6.07) is 82.8. The molecule has 11 aromatic rings. The minimum Gasteiger partial charge on any atom is -0.333 e. The number of hydrogen-bond donors (Lipinski definition) is 0. The lowest BCUT2D eigenvalue weighted by atomic mass is 9.89. The minimum absolute atomic E-state index is 0.0565. The van der Waals surface area contributed by atoms with Crippen LogP contribution in [-0.2, 0) is 6.42 Å². The van der Waals surface area contributed by atoms with Crippen molar-refractivity contribution in [3.05, 3.63) is 242 Å². The molecule has 0 heterocycles. The summed E-state index contributed by atoms with van der Waals surface area (Å²) in [6.07, 6.45) is 5.63. The molecule has 62 heavy (non-hydrogen) atoms. The zero-order chi connectivity index (χ0) is 41.0. The van der Waals surface area contributed by atoms with Crippen molar-refractivity contribution >= 4 is 88.4 Å². The molecule has 0 aromatic heterocycles. The first kappa shape index (κ1) is 36.0. The monoisotopic (exact) mass is 790 g/mol. The third-order valence-corrected chi connectivity index (χ3v) is 12.8. The van der Waals surface area contributed by atoms with Gasteiger partial charge in [-0.3, -0.25) is 0 Å². The second-order valence-electron chi connectivity index (χ2n) is 16.5. The maximum Gasteiger partial charge on any atom is 0.0619 e. The largest absolute Gasteiger partial charge is 0.333 e. The highest BCUT2D eigenvalue weighted by molar-refractivity contribution is 6.23.